The molecule has 0 amide bonds. The third kappa shape index (κ3) is 2.22. The van der Waals surface area contributed by atoms with Crippen LogP contribution in [0, 0.1) is 0 Å². The van der Waals surface area contributed by atoms with Crippen LogP contribution in [0.2, 0.25) is 0 Å². The summed E-state index contributed by atoms with van der Waals surface area (Å²) in [5, 5.41) is 21.4. The Morgan fingerprint density at radius 1 is 1.00 bits per heavy atom. The molecule has 0 radical (unpaired) electrons. The van der Waals surface area contributed by atoms with Crippen LogP contribution in [0.15, 0.2) is 22.9 Å². The summed E-state index contributed by atoms with van der Waals surface area (Å²) >= 11 is 2.66. The van der Waals surface area contributed by atoms with Gasteiger partial charge in [-0.25, -0.2) is 0 Å². The van der Waals surface area contributed by atoms with E-state index < -0.39 is 0 Å². The van der Waals surface area contributed by atoms with Crippen LogP contribution in [-0.4, -0.2) is 16.0 Å². The highest BCUT2D eigenvalue weighted by molar-refractivity contribution is 7.15. The second kappa shape index (κ2) is 4.88. The van der Waals surface area contributed by atoms with Gasteiger partial charge in [0, 0.05) is 0 Å². The molecule has 2 aromatic heterocycles. The lowest BCUT2D eigenvalue weighted by Crippen LogP contribution is -1.94. The summed E-state index contributed by atoms with van der Waals surface area (Å²) in [6.45, 7) is -0.0911. The molecule has 0 saturated heterocycles. The van der Waals surface area contributed by atoms with Crippen LogP contribution in [0.1, 0.15) is 25.7 Å². The molecule has 0 aromatic carbocycles. The van der Waals surface area contributed by atoms with Crippen LogP contribution in [0.4, 0.5) is 0 Å². The van der Waals surface area contributed by atoms with Gasteiger partial charge < -0.3 is 10.2 Å². The molecular formula is C11H10O3S2. The van der Waals surface area contributed by atoms with Crippen LogP contribution in [-0.2, 0) is 13.2 Å². The lowest BCUT2D eigenvalue weighted by atomic mass is 10.2. The van der Waals surface area contributed by atoms with E-state index in [-0.39, 0.29) is 19.0 Å². The maximum Gasteiger partial charge on any atom is 0.212 e. The van der Waals surface area contributed by atoms with E-state index in [4.69, 9.17) is 10.2 Å². The highest BCUT2D eigenvalue weighted by Crippen LogP contribution is 2.23. The smallest absolute Gasteiger partial charge is 0.212 e. The lowest BCUT2D eigenvalue weighted by molar-refractivity contribution is 0.104. The number of ketones is 1. The van der Waals surface area contributed by atoms with Gasteiger partial charge in [-0.15, -0.1) is 22.7 Å². The zero-order valence-electron chi connectivity index (χ0n) is 8.34. The summed E-state index contributed by atoms with van der Waals surface area (Å²) in [7, 11) is 0. The van der Waals surface area contributed by atoms with Gasteiger partial charge >= 0.3 is 0 Å². The Morgan fingerprint density at radius 3 is 1.75 bits per heavy atom. The van der Waals surface area contributed by atoms with Gasteiger partial charge in [0.25, 0.3) is 0 Å². The molecule has 0 atom stereocenters. The molecule has 2 rings (SSSR count). The van der Waals surface area contributed by atoms with E-state index in [0.717, 1.165) is 11.1 Å². The first-order valence-corrected chi connectivity index (χ1v) is 6.41. The number of thiophene rings is 2. The average molecular weight is 254 g/mol. The molecule has 16 heavy (non-hydrogen) atoms. The van der Waals surface area contributed by atoms with Gasteiger partial charge in [0.05, 0.1) is 23.0 Å². The van der Waals surface area contributed by atoms with Crippen LogP contribution in [0.3, 0.4) is 0 Å². The van der Waals surface area contributed by atoms with Crippen molar-refractivity contribution in [1.29, 1.82) is 0 Å². The number of rotatable bonds is 4. The van der Waals surface area contributed by atoms with Gasteiger partial charge in [0.1, 0.15) is 0 Å². The third-order valence-electron chi connectivity index (χ3n) is 2.12. The van der Waals surface area contributed by atoms with Crippen molar-refractivity contribution in [3.8, 4) is 0 Å². The van der Waals surface area contributed by atoms with E-state index >= 15 is 0 Å². The highest BCUT2D eigenvalue weighted by Gasteiger charge is 2.13. The zero-order valence-corrected chi connectivity index (χ0v) is 9.98. The molecule has 0 bridgehead atoms. The molecule has 0 fully saturated rings. The van der Waals surface area contributed by atoms with Crippen LogP contribution < -0.4 is 0 Å². The molecule has 3 nitrogen and oxygen atoms in total. The minimum absolute atomic E-state index is 0.0455. The fourth-order valence-electron chi connectivity index (χ4n) is 1.28. The number of hydrogen-bond donors (Lipinski definition) is 2. The Hall–Kier alpha value is -1.01. The van der Waals surface area contributed by atoms with E-state index in [1.54, 1.807) is 22.9 Å². The number of hydrogen-bond acceptors (Lipinski definition) is 5. The monoisotopic (exact) mass is 254 g/mol. The summed E-state index contributed by atoms with van der Waals surface area (Å²) in [6.07, 6.45) is 0. The van der Waals surface area contributed by atoms with Gasteiger partial charge in [-0.1, -0.05) is 0 Å². The van der Waals surface area contributed by atoms with Gasteiger partial charge in [-0.05, 0) is 34.0 Å². The Kier molecular flexibility index (Phi) is 3.50. The third-order valence-corrected chi connectivity index (χ3v) is 4.08. The minimum atomic E-state index is -0.0469. The SMILES string of the molecule is O=C(c1cc(CO)cs1)c1cc(CO)cs1. The molecule has 5 heteroatoms. The number of carbonyl (C=O) groups is 1. The second-order valence-corrected chi connectivity index (χ2v) is 5.11. The van der Waals surface area contributed by atoms with E-state index in [0.29, 0.717) is 9.75 Å². The summed E-state index contributed by atoms with van der Waals surface area (Å²) in [5.41, 5.74) is 1.51. The molecule has 0 aliphatic rings. The van der Waals surface area contributed by atoms with Crippen LogP contribution in [0.25, 0.3) is 0 Å². The van der Waals surface area contributed by atoms with Crippen molar-refractivity contribution < 1.29 is 15.0 Å². The van der Waals surface area contributed by atoms with Crippen molar-refractivity contribution in [3.63, 3.8) is 0 Å². The summed E-state index contributed by atoms with van der Waals surface area (Å²) in [5.74, 6) is -0.0469. The predicted molar refractivity (Wildman–Crippen MR) is 63.9 cm³/mol. The van der Waals surface area contributed by atoms with Crippen molar-refractivity contribution in [2.75, 3.05) is 0 Å². The first-order valence-electron chi connectivity index (χ1n) is 4.66. The Balaban J connectivity index is 2.24. The molecule has 2 N–H and O–H groups in total. The van der Waals surface area contributed by atoms with Crippen LogP contribution >= 0.6 is 22.7 Å². The second-order valence-electron chi connectivity index (χ2n) is 3.28. The van der Waals surface area contributed by atoms with E-state index in [2.05, 4.69) is 0 Å². The normalized spacial score (nSPS) is 10.6. The van der Waals surface area contributed by atoms with E-state index in [1.807, 2.05) is 0 Å². The highest BCUT2D eigenvalue weighted by atomic mass is 32.1. The molecule has 0 unspecified atom stereocenters. The van der Waals surface area contributed by atoms with Crippen molar-refractivity contribution >= 4 is 28.5 Å². The number of carbonyl (C=O) groups excluding carboxylic acids is 1. The van der Waals surface area contributed by atoms with E-state index in [9.17, 15) is 4.79 Å². The first-order chi connectivity index (χ1) is 7.74. The molecular weight excluding hydrogens is 244 g/mol. The van der Waals surface area contributed by atoms with Crippen molar-refractivity contribution in [1.82, 2.24) is 0 Å². The minimum Gasteiger partial charge on any atom is -0.392 e. The van der Waals surface area contributed by atoms with Gasteiger partial charge in [-0.2, -0.15) is 0 Å². The van der Waals surface area contributed by atoms with Crippen LogP contribution in [0.5, 0.6) is 0 Å². The molecule has 0 aliphatic heterocycles. The molecule has 84 valence electrons. The van der Waals surface area contributed by atoms with Crippen molar-refractivity contribution in [3.05, 3.63) is 43.8 Å². The quantitative estimate of drug-likeness (QED) is 0.821. The van der Waals surface area contributed by atoms with Gasteiger partial charge in [-0.3, -0.25) is 4.79 Å². The zero-order chi connectivity index (χ0) is 11.5. The predicted octanol–water partition coefficient (Wildman–Crippen LogP) is 2.03. The van der Waals surface area contributed by atoms with Gasteiger partial charge in [0.2, 0.25) is 5.78 Å². The fourth-order valence-corrected chi connectivity index (χ4v) is 3.06. The number of aliphatic hydroxyl groups excluding tert-OH is 2. The summed E-state index contributed by atoms with van der Waals surface area (Å²) in [6, 6.07) is 3.40. The fraction of sp³-hybridized carbons (Fsp3) is 0.182. The summed E-state index contributed by atoms with van der Waals surface area (Å²) in [4.78, 5) is 13.2. The Bertz CT molecular complexity index is 455. The molecule has 2 heterocycles. The maximum absolute atomic E-state index is 12.0. The van der Waals surface area contributed by atoms with Crippen molar-refractivity contribution in [2.45, 2.75) is 13.2 Å². The first kappa shape index (κ1) is 11.5. The standard InChI is InChI=1S/C11H10O3S2/c12-3-7-1-9(15-5-7)11(14)10-2-8(4-13)6-16-10/h1-2,5-6,12-13H,3-4H2. The van der Waals surface area contributed by atoms with Gasteiger partial charge in [0.15, 0.2) is 0 Å². The van der Waals surface area contributed by atoms with Crippen molar-refractivity contribution in [2.24, 2.45) is 0 Å². The topological polar surface area (TPSA) is 57.5 Å². The van der Waals surface area contributed by atoms with E-state index in [1.165, 1.54) is 22.7 Å². The Morgan fingerprint density at radius 2 is 1.44 bits per heavy atom. The molecule has 2 aromatic rings. The largest absolute Gasteiger partial charge is 0.392 e. The maximum atomic E-state index is 12.0. The molecule has 0 spiro atoms. The molecule has 0 aliphatic carbocycles. The lowest BCUT2D eigenvalue weighted by Gasteiger charge is -1.91. The average Bonchev–Trinajstić information content (AvgIpc) is 2.97. The molecule has 0 saturated carbocycles. The Labute approximate surface area is 101 Å². The summed E-state index contributed by atoms with van der Waals surface area (Å²) < 4.78 is 0. The number of aliphatic hydroxyl groups is 2.